The maximum absolute atomic E-state index is 6.46. The third-order valence-electron chi connectivity index (χ3n) is 5.23. The molecular weight excluding hydrogens is 630 g/mol. The van der Waals surface area contributed by atoms with Gasteiger partial charge in [0, 0.05) is 0 Å². The maximum atomic E-state index is 6.46. The average Bonchev–Trinajstić information content (AvgIpc) is 2.95. The Morgan fingerprint density at radius 3 is 2.41 bits per heavy atom. The number of halogens is 2. The van der Waals surface area contributed by atoms with Gasteiger partial charge in [-0.05, 0) is 0 Å². The minimum atomic E-state index is 0.0622. The molecule has 1 aliphatic heterocycles. The number of anilines is 4. The normalized spacial score (nSPS) is 14.1. The summed E-state index contributed by atoms with van der Waals surface area (Å²) in [5.74, 6) is 1.95. The van der Waals surface area contributed by atoms with Crippen molar-refractivity contribution in [2.45, 2.75) is 26.7 Å². The molecule has 0 saturated carbocycles. The van der Waals surface area contributed by atoms with Crippen LogP contribution in [-0.4, -0.2) is 30.7 Å². The van der Waals surface area contributed by atoms with Crippen molar-refractivity contribution in [2.24, 2.45) is 0 Å². The van der Waals surface area contributed by atoms with Gasteiger partial charge in [-0.2, -0.15) is 0 Å². The van der Waals surface area contributed by atoms with Gasteiger partial charge in [0.2, 0.25) is 0 Å². The summed E-state index contributed by atoms with van der Waals surface area (Å²) in [4.78, 5) is 9.67. The van der Waals surface area contributed by atoms with Crippen LogP contribution in [0.4, 0.5) is 23.0 Å². The Morgan fingerprint density at radius 2 is 1.72 bits per heavy atom. The van der Waals surface area contributed by atoms with E-state index in [0.29, 0.717) is 17.5 Å². The number of benzene rings is 2. The summed E-state index contributed by atoms with van der Waals surface area (Å²) in [7, 11) is 0. The van der Waals surface area contributed by atoms with Gasteiger partial charge in [0.05, 0.1) is 0 Å². The summed E-state index contributed by atoms with van der Waals surface area (Å²) in [6, 6.07) is 11.4. The molecule has 0 unspecified atom stereocenters. The zero-order chi connectivity index (χ0) is 22.7. The van der Waals surface area contributed by atoms with E-state index in [9.17, 15) is 0 Å². The number of aryl methyl sites for hydroxylation is 2. The summed E-state index contributed by atoms with van der Waals surface area (Å²) < 4.78 is 13.2. The number of hydrogen-bond acceptors (Lipinski definition) is 7. The number of nitrogens with zero attached hydrogens (tertiary/aromatic N) is 3. The molecule has 5 N–H and O–H groups in total. The molecule has 0 amide bonds. The number of nitrogens with one attached hydrogen (secondary N) is 1. The Kier molecular flexibility index (Phi) is 7.46. The van der Waals surface area contributed by atoms with Crippen LogP contribution in [0.5, 0.6) is 11.6 Å². The van der Waals surface area contributed by atoms with Crippen molar-refractivity contribution in [2.75, 3.05) is 29.9 Å². The first-order valence-corrected chi connectivity index (χ1v) is 19.1. The molecule has 170 valence electrons. The van der Waals surface area contributed by atoms with Gasteiger partial charge in [0.15, 0.2) is 0 Å². The summed E-state index contributed by atoms with van der Waals surface area (Å²) in [6.45, 7) is 6.05. The van der Waals surface area contributed by atoms with E-state index in [0.717, 1.165) is 65.4 Å². The second-order valence-corrected chi connectivity index (χ2v) is 16.3. The van der Waals surface area contributed by atoms with Gasteiger partial charge in [-0.25, -0.2) is 0 Å². The Bertz CT molecular complexity index is 1110. The number of fused-ring (bicyclic) bond motifs is 1. The van der Waals surface area contributed by atoms with Crippen LogP contribution in [0, 0.1) is 13.8 Å². The minimum absolute atomic E-state index is 0.0622. The van der Waals surface area contributed by atoms with Gasteiger partial charge in [0.1, 0.15) is 0 Å². The second kappa shape index (κ2) is 10.3. The van der Waals surface area contributed by atoms with Crippen molar-refractivity contribution < 1.29 is 22.2 Å². The predicted octanol–water partition coefficient (Wildman–Crippen LogP) is 1.52. The van der Waals surface area contributed by atoms with E-state index in [1.807, 2.05) is 50.2 Å². The molecule has 2 aromatic carbocycles. The Labute approximate surface area is 205 Å². The molecular formula is C23H27I2N6O-. The van der Waals surface area contributed by atoms with Crippen LogP contribution >= 0.6 is 16.8 Å². The number of aromatic nitrogens is 2. The summed E-state index contributed by atoms with van der Waals surface area (Å²) in [5, 5.41) is 3.31. The zero-order valence-corrected chi connectivity index (χ0v) is 22.5. The number of ether oxygens (including phenoxy) is 1. The second-order valence-electron chi connectivity index (χ2n) is 7.69. The molecule has 0 saturated heterocycles. The molecule has 3 aromatic rings. The molecule has 4 rings (SSSR count). The van der Waals surface area contributed by atoms with Crippen LogP contribution < -0.4 is 39.0 Å². The molecule has 9 heteroatoms. The van der Waals surface area contributed by atoms with Crippen molar-refractivity contribution in [1.29, 1.82) is 0 Å². The molecule has 1 aromatic heterocycles. The fraction of sp³-hybridized carbons (Fsp3) is 0.261. The number of rotatable bonds is 6. The fourth-order valence-electron chi connectivity index (χ4n) is 3.74. The van der Waals surface area contributed by atoms with Crippen molar-refractivity contribution >= 4 is 44.3 Å². The SMILES string of the molecule is C=I[I-]N1CCc2nc(Nc3ccc(N)cc3)nc(Oc3c(C)cc(N)cc3C)c2CC1. The number of hydrogen-bond donors (Lipinski definition) is 3. The zero-order valence-electron chi connectivity index (χ0n) is 18.2. The van der Waals surface area contributed by atoms with Crippen LogP contribution in [0.25, 0.3) is 0 Å². The molecule has 0 bridgehead atoms. The van der Waals surface area contributed by atoms with E-state index < -0.39 is 0 Å². The van der Waals surface area contributed by atoms with Crippen LogP contribution in [0.15, 0.2) is 36.4 Å². The Hall–Kier alpha value is -1.99. The number of nitrogens with two attached hydrogens (primary N) is 2. The van der Waals surface area contributed by atoms with Crippen LogP contribution in [-0.2, 0) is 12.8 Å². The molecule has 0 spiro atoms. The molecule has 0 aliphatic carbocycles. The molecule has 0 atom stereocenters. The van der Waals surface area contributed by atoms with E-state index in [4.69, 9.17) is 26.2 Å². The van der Waals surface area contributed by atoms with Crippen LogP contribution in [0.2, 0.25) is 0 Å². The van der Waals surface area contributed by atoms with Crippen molar-refractivity contribution in [3.63, 3.8) is 0 Å². The van der Waals surface area contributed by atoms with Crippen molar-refractivity contribution in [3.8, 4) is 11.6 Å². The Balaban J connectivity index is 1.73. The third-order valence-corrected chi connectivity index (χ3v) is 12.2. The van der Waals surface area contributed by atoms with Crippen molar-refractivity contribution in [1.82, 2.24) is 13.1 Å². The molecule has 0 fully saturated rings. The quantitative estimate of drug-likeness (QED) is 0.210. The van der Waals surface area contributed by atoms with E-state index >= 15 is 0 Å². The summed E-state index contributed by atoms with van der Waals surface area (Å²) in [5.41, 5.74) is 18.3. The van der Waals surface area contributed by atoms with Gasteiger partial charge in [-0.1, -0.05) is 0 Å². The summed E-state index contributed by atoms with van der Waals surface area (Å²) in [6.07, 6.45) is 1.76. The molecule has 32 heavy (non-hydrogen) atoms. The van der Waals surface area contributed by atoms with Gasteiger partial charge >= 0.3 is 207 Å². The Morgan fingerprint density at radius 1 is 1.03 bits per heavy atom. The predicted molar refractivity (Wildman–Crippen MR) is 137 cm³/mol. The number of nitrogen functional groups attached to an aromatic ring is 2. The van der Waals surface area contributed by atoms with Gasteiger partial charge in [-0.3, -0.25) is 0 Å². The monoisotopic (exact) mass is 657 g/mol. The van der Waals surface area contributed by atoms with Crippen LogP contribution in [0.1, 0.15) is 22.4 Å². The molecule has 7 nitrogen and oxygen atoms in total. The first-order chi connectivity index (χ1) is 15.4. The van der Waals surface area contributed by atoms with E-state index in [-0.39, 0.29) is 34.3 Å². The average molecular weight is 657 g/mol. The van der Waals surface area contributed by atoms with E-state index in [2.05, 4.69) is 12.9 Å². The molecule has 2 heterocycles. The molecule has 1 aliphatic rings. The standard InChI is InChI=1S/C23H27I2N6O/c1-14-12-17(27)13-15(2)21(14)32-22-19-8-10-31(25-24-3)11-9-20(19)29-23(30-22)28-18-6-4-16(26)5-7-18/h4-7,12-13H,3,8-11,26-27H2,1-2H3,(H,28,29,30)/q-1. The third kappa shape index (κ3) is 5.49. The van der Waals surface area contributed by atoms with E-state index in [1.54, 1.807) is 0 Å². The fourth-order valence-corrected chi connectivity index (χ4v) is 9.85. The van der Waals surface area contributed by atoms with Gasteiger partial charge < -0.3 is 0 Å². The van der Waals surface area contributed by atoms with Crippen molar-refractivity contribution in [3.05, 3.63) is 58.8 Å². The summed E-state index contributed by atoms with van der Waals surface area (Å²) >= 11 is 0.136. The van der Waals surface area contributed by atoms with Gasteiger partial charge in [0.25, 0.3) is 0 Å². The first kappa shape index (κ1) is 23.2. The first-order valence-electron chi connectivity index (χ1n) is 10.3. The van der Waals surface area contributed by atoms with E-state index in [1.165, 1.54) is 0 Å². The topological polar surface area (TPSA) is 102 Å². The molecule has 0 radical (unpaired) electrons. The van der Waals surface area contributed by atoms with Crippen LogP contribution in [0.3, 0.4) is 0 Å². The van der Waals surface area contributed by atoms with Gasteiger partial charge in [-0.15, -0.1) is 0 Å².